The number of carbonyl (C=O) groups is 1. The van der Waals surface area contributed by atoms with Crippen LogP contribution in [0, 0.1) is 0 Å². The van der Waals surface area contributed by atoms with E-state index in [1.807, 2.05) is 0 Å². The number of amides is 1. The molecule has 160 valence electrons. The summed E-state index contributed by atoms with van der Waals surface area (Å²) in [6, 6.07) is 0.541. The summed E-state index contributed by atoms with van der Waals surface area (Å²) in [5.74, 6) is 0.125. The van der Waals surface area contributed by atoms with Crippen LogP contribution in [0.4, 0.5) is 0 Å². The molecule has 2 N–H and O–H groups in total. The van der Waals surface area contributed by atoms with Crippen molar-refractivity contribution < 1.29 is 21.9 Å². The Morgan fingerprint density at radius 1 is 0.885 bits per heavy atom. The minimum atomic E-state index is 0. The van der Waals surface area contributed by atoms with E-state index in [1.165, 1.54) is 19.3 Å². The van der Waals surface area contributed by atoms with Crippen LogP contribution < -0.4 is 10.6 Å². The van der Waals surface area contributed by atoms with Gasteiger partial charge in [-0.2, -0.15) is 0 Å². The second-order valence-corrected chi connectivity index (χ2v) is 6.70. The van der Waals surface area contributed by atoms with Gasteiger partial charge in [-0.25, -0.2) is 0 Å². The SMILES string of the molecule is CCC(C)NCCOCCOCCNC(=O)CCCCCCCCOC.[HH].[HH]. The van der Waals surface area contributed by atoms with Crippen molar-refractivity contribution in [1.29, 1.82) is 0 Å². The predicted octanol–water partition coefficient (Wildman–Crippen LogP) is 3.39. The number of ether oxygens (including phenoxy) is 3. The summed E-state index contributed by atoms with van der Waals surface area (Å²) < 4.78 is 16.0. The van der Waals surface area contributed by atoms with Crippen LogP contribution in [-0.4, -0.2) is 65.2 Å². The molecular formula is C20H46N2O4. The molecule has 0 fully saturated rings. The van der Waals surface area contributed by atoms with Crippen LogP contribution in [0.15, 0.2) is 0 Å². The Balaban J connectivity index is -0.00000312. The molecule has 0 rings (SSSR count). The summed E-state index contributed by atoms with van der Waals surface area (Å²) >= 11 is 0. The minimum absolute atomic E-state index is 0. The molecule has 6 nitrogen and oxygen atoms in total. The number of rotatable bonds is 20. The molecule has 0 aliphatic rings. The number of hydrogen-bond donors (Lipinski definition) is 2. The van der Waals surface area contributed by atoms with Gasteiger partial charge in [-0.15, -0.1) is 0 Å². The summed E-state index contributed by atoms with van der Waals surface area (Å²) in [5, 5.41) is 6.27. The van der Waals surface area contributed by atoms with Crippen molar-refractivity contribution in [2.24, 2.45) is 0 Å². The van der Waals surface area contributed by atoms with Gasteiger partial charge in [-0.3, -0.25) is 4.79 Å². The average Bonchev–Trinajstić information content (AvgIpc) is 2.65. The molecule has 6 heteroatoms. The zero-order valence-electron chi connectivity index (χ0n) is 17.3. The smallest absolute Gasteiger partial charge is 0.220 e. The van der Waals surface area contributed by atoms with Gasteiger partial charge in [0.2, 0.25) is 5.91 Å². The second kappa shape index (κ2) is 20.6. The van der Waals surface area contributed by atoms with E-state index in [0.29, 0.717) is 45.4 Å². The summed E-state index contributed by atoms with van der Waals surface area (Å²) in [6.07, 6.45) is 8.62. The lowest BCUT2D eigenvalue weighted by Gasteiger charge is -2.11. The first-order chi connectivity index (χ1) is 12.7. The minimum Gasteiger partial charge on any atom is -0.385 e. The van der Waals surface area contributed by atoms with Gasteiger partial charge < -0.3 is 24.8 Å². The molecule has 0 radical (unpaired) electrons. The summed E-state index contributed by atoms with van der Waals surface area (Å²) in [5.41, 5.74) is 0. The Morgan fingerprint density at radius 2 is 1.50 bits per heavy atom. The normalized spacial score (nSPS) is 12.3. The topological polar surface area (TPSA) is 68.8 Å². The molecule has 0 aliphatic carbocycles. The van der Waals surface area contributed by atoms with E-state index in [0.717, 1.165) is 38.8 Å². The van der Waals surface area contributed by atoms with Gasteiger partial charge >= 0.3 is 0 Å². The van der Waals surface area contributed by atoms with Gasteiger partial charge in [-0.1, -0.05) is 32.6 Å². The molecule has 0 aromatic heterocycles. The Morgan fingerprint density at radius 3 is 2.15 bits per heavy atom. The number of unbranched alkanes of at least 4 members (excludes halogenated alkanes) is 5. The summed E-state index contributed by atoms with van der Waals surface area (Å²) in [7, 11) is 1.74. The molecule has 0 heterocycles. The van der Waals surface area contributed by atoms with E-state index in [1.54, 1.807) is 7.11 Å². The van der Waals surface area contributed by atoms with Crippen molar-refractivity contribution in [3.05, 3.63) is 0 Å². The second-order valence-electron chi connectivity index (χ2n) is 6.70. The molecule has 1 amide bonds. The molecule has 0 aromatic carbocycles. The zero-order valence-corrected chi connectivity index (χ0v) is 17.3. The highest BCUT2D eigenvalue weighted by Gasteiger charge is 2.01. The monoisotopic (exact) mass is 378 g/mol. The lowest BCUT2D eigenvalue weighted by atomic mass is 10.1. The van der Waals surface area contributed by atoms with Gasteiger partial charge in [0.1, 0.15) is 0 Å². The number of hydrogen-bond acceptors (Lipinski definition) is 5. The molecule has 0 spiro atoms. The number of nitrogens with one attached hydrogen (secondary N) is 2. The molecule has 26 heavy (non-hydrogen) atoms. The Bertz CT molecular complexity index is 314. The van der Waals surface area contributed by atoms with Crippen LogP contribution in [0.3, 0.4) is 0 Å². The van der Waals surface area contributed by atoms with E-state index in [2.05, 4.69) is 24.5 Å². The van der Waals surface area contributed by atoms with E-state index in [4.69, 9.17) is 14.2 Å². The maximum atomic E-state index is 11.7. The third-order valence-corrected chi connectivity index (χ3v) is 4.29. The van der Waals surface area contributed by atoms with Crippen molar-refractivity contribution in [3.63, 3.8) is 0 Å². The highest BCUT2D eigenvalue weighted by molar-refractivity contribution is 5.75. The van der Waals surface area contributed by atoms with Gasteiger partial charge in [-0.05, 0) is 26.2 Å². The largest absolute Gasteiger partial charge is 0.385 e. The van der Waals surface area contributed by atoms with Crippen LogP contribution in [0.2, 0.25) is 0 Å². The van der Waals surface area contributed by atoms with Gasteiger partial charge in [0.15, 0.2) is 0 Å². The van der Waals surface area contributed by atoms with Gasteiger partial charge in [0.25, 0.3) is 0 Å². The Hall–Kier alpha value is -0.690. The molecule has 0 bridgehead atoms. The van der Waals surface area contributed by atoms with Crippen molar-refractivity contribution in [2.75, 3.05) is 53.2 Å². The number of carbonyl (C=O) groups excluding carboxylic acids is 1. The maximum absolute atomic E-state index is 11.7. The molecule has 1 atom stereocenters. The van der Waals surface area contributed by atoms with Crippen molar-refractivity contribution >= 4 is 5.91 Å². The maximum Gasteiger partial charge on any atom is 0.220 e. The van der Waals surface area contributed by atoms with E-state index in [-0.39, 0.29) is 8.76 Å². The zero-order chi connectivity index (χ0) is 19.3. The third kappa shape index (κ3) is 19.6. The van der Waals surface area contributed by atoms with Crippen molar-refractivity contribution in [2.45, 2.75) is 71.3 Å². The van der Waals surface area contributed by atoms with Gasteiger partial charge in [0, 0.05) is 42.1 Å². The highest BCUT2D eigenvalue weighted by atomic mass is 16.5. The van der Waals surface area contributed by atoms with Crippen LogP contribution >= 0.6 is 0 Å². The molecular weight excluding hydrogens is 332 g/mol. The lowest BCUT2D eigenvalue weighted by molar-refractivity contribution is -0.121. The standard InChI is InChI=1S/C20H42N2O4.2H2/c1-4-19(2)21-12-15-25-17-18-26-16-13-22-20(23)11-9-7-5-6-8-10-14-24-3;;/h19,21H,4-18H2,1-3H3,(H,22,23);2*1H. The predicted molar refractivity (Wildman–Crippen MR) is 111 cm³/mol. The quantitative estimate of drug-likeness (QED) is 0.318. The third-order valence-electron chi connectivity index (χ3n) is 4.29. The van der Waals surface area contributed by atoms with Crippen molar-refractivity contribution in [1.82, 2.24) is 10.6 Å². The number of methoxy groups -OCH3 is 1. The van der Waals surface area contributed by atoms with E-state index >= 15 is 0 Å². The van der Waals surface area contributed by atoms with Crippen LogP contribution in [-0.2, 0) is 19.0 Å². The Labute approximate surface area is 163 Å². The molecule has 0 aliphatic heterocycles. The first kappa shape index (κ1) is 25.3. The fraction of sp³-hybridized carbons (Fsp3) is 0.950. The van der Waals surface area contributed by atoms with Crippen LogP contribution in [0.25, 0.3) is 0 Å². The van der Waals surface area contributed by atoms with E-state index < -0.39 is 0 Å². The van der Waals surface area contributed by atoms with Crippen LogP contribution in [0.5, 0.6) is 0 Å². The fourth-order valence-corrected chi connectivity index (χ4v) is 2.43. The molecule has 0 saturated carbocycles. The summed E-state index contributed by atoms with van der Waals surface area (Å²) in [6.45, 7) is 9.05. The van der Waals surface area contributed by atoms with Gasteiger partial charge in [0.05, 0.1) is 26.4 Å². The average molecular weight is 379 g/mol. The molecule has 0 saturated heterocycles. The van der Waals surface area contributed by atoms with Crippen LogP contribution in [0.1, 0.15) is 68.1 Å². The highest BCUT2D eigenvalue weighted by Crippen LogP contribution is 2.07. The lowest BCUT2D eigenvalue weighted by Crippen LogP contribution is -2.29. The first-order valence-corrected chi connectivity index (χ1v) is 10.3. The first-order valence-electron chi connectivity index (χ1n) is 10.3. The van der Waals surface area contributed by atoms with Crippen molar-refractivity contribution in [3.8, 4) is 0 Å². The Kier molecular flexibility index (Phi) is 20.1. The summed E-state index contributed by atoms with van der Waals surface area (Å²) in [4.78, 5) is 11.7. The molecule has 0 aromatic rings. The fourth-order valence-electron chi connectivity index (χ4n) is 2.43. The van der Waals surface area contributed by atoms with E-state index in [9.17, 15) is 4.79 Å². The molecule has 1 unspecified atom stereocenters.